The lowest BCUT2D eigenvalue weighted by atomic mass is 10.3. The summed E-state index contributed by atoms with van der Waals surface area (Å²) < 4.78 is 22.9. The number of nitrogens with zero attached hydrogens (tertiary/aromatic N) is 2. The van der Waals surface area contributed by atoms with E-state index in [2.05, 4.69) is 9.97 Å². The normalized spacial score (nSPS) is 11.1. The summed E-state index contributed by atoms with van der Waals surface area (Å²) in [6, 6.07) is 2.94. The van der Waals surface area contributed by atoms with Crippen molar-refractivity contribution >= 4 is 11.3 Å². The first-order chi connectivity index (χ1) is 8.24. The number of aromatic nitrogens is 2. The van der Waals surface area contributed by atoms with E-state index in [0.717, 1.165) is 0 Å². The fourth-order valence-electron chi connectivity index (χ4n) is 1.35. The van der Waals surface area contributed by atoms with Crippen LogP contribution in [0.25, 0.3) is 10.7 Å². The number of rotatable bonds is 4. The van der Waals surface area contributed by atoms with E-state index in [-0.39, 0.29) is 5.82 Å². The summed E-state index contributed by atoms with van der Waals surface area (Å²) in [6.07, 6.45) is 0.681. The van der Waals surface area contributed by atoms with E-state index < -0.39 is 6.29 Å². The maximum Gasteiger partial charge on any atom is 0.201 e. The molecule has 0 aliphatic carbocycles. The number of halogens is 1. The van der Waals surface area contributed by atoms with Crippen LogP contribution in [0.4, 0.5) is 4.39 Å². The molecule has 4 nitrogen and oxygen atoms in total. The molecule has 0 aromatic carbocycles. The molecule has 6 heteroatoms. The van der Waals surface area contributed by atoms with Gasteiger partial charge in [-0.25, -0.2) is 9.37 Å². The van der Waals surface area contributed by atoms with E-state index in [1.165, 1.54) is 23.6 Å². The summed E-state index contributed by atoms with van der Waals surface area (Å²) in [5.41, 5.74) is 1.31. The van der Waals surface area contributed by atoms with Gasteiger partial charge in [-0.1, -0.05) is 0 Å². The molecule has 0 aliphatic rings. The molecule has 90 valence electrons. The second-order valence-electron chi connectivity index (χ2n) is 3.24. The van der Waals surface area contributed by atoms with Crippen molar-refractivity contribution in [1.29, 1.82) is 0 Å². The van der Waals surface area contributed by atoms with Crippen molar-refractivity contribution in [3.05, 3.63) is 35.2 Å². The Morgan fingerprint density at radius 3 is 2.65 bits per heavy atom. The molecular formula is C11H11FN2O2S. The van der Waals surface area contributed by atoms with Crippen molar-refractivity contribution in [2.24, 2.45) is 0 Å². The molecule has 0 N–H and O–H groups in total. The Balaban J connectivity index is 2.26. The van der Waals surface area contributed by atoms with Crippen LogP contribution in [0.3, 0.4) is 0 Å². The van der Waals surface area contributed by atoms with Crippen molar-refractivity contribution in [3.63, 3.8) is 0 Å². The molecular weight excluding hydrogens is 243 g/mol. The van der Waals surface area contributed by atoms with Crippen LogP contribution in [0.15, 0.2) is 23.7 Å². The Kier molecular flexibility index (Phi) is 3.78. The Morgan fingerprint density at radius 2 is 2.06 bits per heavy atom. The van der Waals surface area contributed by atoms with E-state index in [4.69, 9.17) is 9.47 Å². The maximum atomic E-state index is 12.7. The van der Waals surface area contributed by atoms with Crippen molar-refractivity contribution < 1.29 is 13.9 Å². The third-order valence-corrected chi connectivity index (χ3v) is 3.02. The van der Waals surface area contributed by atoms with Crippen molar-refractivity contribution in [1.82, 2.24) is 9.97 Å². The number of pyridine rings is 1. The highest BCUT2D eigenvalue weighted by Gasteiger charge is 2.14. The van der Waals surface area contributed by atoms with Crippen LogP contribution in [-0.2, 0) is 9.47 Å². The van der Waals surface area contributed by atoms with Gasteiger partial charge < -0.3 is 9.47 Å². The van der Waals surface area contributed by atoms with Crippen LogP contribution < -0.4 is 0 Å². The van der Waals surface area contributed by atoms with Crippen molar-refractivity contribution in [2.45, 2.75) is 6.29 Å². The molecule has 0 saturated carbocycles. The lowest BCUT2D eigenvalue weighted by molar-refractivity contribution is -0.108. The molecule has 0 radical (unpaired) electrons. The molecule has 0 atom stereocenters. The molecule has 0 spiro atoms. The van der Waals surface area contributed by atoms with E-state index in [9.17, 15) is 4.39 Å². The highest BCUT2D eigenvalue weighted by atomic mass is 32.1. The van der Waals surface area contributed by atoms with Crippen LogP contribution >= 0.6 is 11.3 Å². The van der Waals surface area contributed by atoms with Gasteiger partial charge in [0.15, 0.2) is 0 Å². The lowest BCUT2D eigenvalue weighted by Crippen LogP contribution is -2.03. The third-order valence-electron chi connectivity index (χ3n) is 2.14. The minimum absolute atomic E-state index is 0.364. The first kappa shape index (κ1) is 12.1. The zero-order valence-corrected chi connectivity index (χ0v) is 10.2. The summed E-state index contributed by atoms with van der Waals surface area (Å²) in [5.74, 6) is -0.364. The zero-order valence-electron chi connectivity index (χ0n) is 9.38. The number of hydrogen-bond donors (Lipinski definition) is 0. The summed E-state index contributed by atoms with van der Waals surface area (Å²) in [5, 5.41) is 2.54. The fraction of sp³-hybridized carbons (Fsp3) is 0.273. The highest BCUT2D eigenvalue weighted by molar-refractivity contribution is 7.13. The Morgan fingerprint density at radius 1 is 1.29 bits per heavy atom. The molecule has 0 saturated heterocycles. The quantitative estimate of drug-likeness (QED) is 0.787. The molecule has 0 bridgehead atoms. The van der Waals surface area contributed by atoms with Gasteiger partial charge >= 0.3 is 0 Å². The van der Waals surface area contributed by atoms with Gasteiger partial charge in [0.2, 0.25) is 6.29 Å². The van der Waals surface area contributed by atoms with Crippen molar-refractivity contribution in [3.8, 4) is 10.7 Å². The molecule has 0 amide bonds. The zero-order chi connectivity index (χ0) is 12.3. The molecule has 0 unspecified atom stereocenters. The minimum Gasteiger partial charge on any atom is -0.350 e. The van der Waals surface area contributed by atoms with E-state index in [1.54, 1.807) is 20.3 Å². The Bertz CT molecular complexity index is 482. The highest BCUT2D eigenvalue weighted by Crippen LogP contribution is 2.26. The van der Waals surface area contributed by atoms with Gasteiger partial charge in [-0.15, -0.1) is 11.3 Å². The van der Waals surface area contributed by atoms with Gasteiger partial charge in [-0.2, -0.15) is 0 Å². The molecule has 2 heterocycles. The van der Waals surface area contributed by atoms with Gasteiger partial charge in [0.1, 0.15) is 16.5 Å². The summed E-state index contributed by atoms with van der Waals surface area (Å²) in [6.45, 7) is 0. The van der Waals surface area contributed by atoms with E-state index >= 15 is 0 Å². The van der Waals surface area contributed by atoms with E-state index in [0.29, 0.717) is 16.4 Å². The molecule has 2 aromatic rings. The second kappa shape index (κ2) is 5.31. The van der Waals surface area contributed by atoms with Crippen LogP contribution in [0, 0.1) is 5.82 Å². The average molecular weight is 254 g/mol. The van der Waals surface area contributed by atoms with Crippen LogP contribution in [0.2, 0.25) is 0 Å². The number of hydrogen-bond acceptors (Lipinski definition) is 5. The minimum atomic E-state index is -0.486. The molecule has 2 aromatic heterocycles. The van der Waals surface area contributed by atoms with Gasteiger partial charge in [0, 0.05) is 19.6 Å². The van der Waals surface area contributed by atoms with Crippen molar-refractivity contribution in [2.75, 3.05) is 14.2 Å². The SMILES string of the molecule is COC(OC)c1csc(-c2ccc(F)cn2)n1. The van der Waals surface area contributed by atoms with Gasteiger partial charge in [0.05, 0.1) is 11.9 Å². The van der Waals surface area contributed by atoms with Gasteiger partial charge in [-0.3, -0.25) is 4.98 Å². The number of thiazole rings is 1. The predicted molar refractivity (Wildman–Crippen MR) is 62.1 cm³/mol. The lowest BCUT2D eigenvalue weighted by Gasteiger charge is -2.09. The Hall–Kier alpha value is -1.37. The molecule has 0 fully saturated rings. The van der Waals surface area contributed by atoms with Gasteiger partial charge in [-0.05, 0) is 12.1 Å². The summed E-state index contributed by atoms with van der Waals surface area (Å²) in [4.78, 5) is 8.30. The molecule has 2 rings (SSSR count). The predicted octanol–water partition coefficient (Wildman–Crippen LogP) is 2.64. The standard InChI is InChI=1S/C11H11FN2O2S/c1-15-11(16-2)9-6-17-10(14-9)8-4-3-7(12)5-13-8/h3-6,11H,1-2H3. The topological polar surface area (TPSA) is 44.2 Å². The monoisotopic (exact) mass is 254 g/mol. The van der Waals surface area contributed by atoms with Crippen LogP contribution in [-0.4, -0.2) is 24.2 Å². The third kappa shape index (κ3) is 2.66. The number of methoxy groups -OCH3 is 2. The van der Waals surface area contributed by atoms with Gasteiger partial charge in [0.25, 0.3) is 0 Å². The first-order valence-electron chi connectivity index (χ1n) is 4.87. The molecule has 17 heavy (non-hydrogen) atoms. The number of ether oxygens (including phenoxy) is 2. The fourth-order valence-corrected chi connectivity index (χ4v) is 2.15. The van der Waals surface area contributed by atoms with Crippen LogP contribution in [0.5, 0.6) is 0 Å². The maximum absolute atomic E-state index is 12.7. The average Bonchev–Trinajstić information content (AvgIpc) is 2.81. The first-order valence-corrected chi connectivity index (χ1v) is 5.75. The second-order valence-corrected chi connectivity index (χ2v) is 4.10. The summed E-state index contributed by atoms with van der Waals surface area (Å²) >= 11 is 1.41. The largest absolute Gasteiger partial charge is 0.350 e. The smallest absolute Gasteiger partial charge is 0.201 e. The molecule has 0 aliphatic heterocycles. The van der Waals surface area contributed by atoms with Crippen LogP contribution in [0.1, 0.15) is 12.0 Å². The Labute approximate surface area is 102 Å². The summed E-state index contributed by atoms with van der Waals surface area (Å²) in [7, 11) is 3.09. The van der Waals surface area contributed by atoms with E-state index in [1.807, 2.05) is 5.38 Å².